The first kappa shape index (κ1) is 17.7. The lowest BCUT2D eigenvalue weighted by atomic mass is 9.96. The van der Waals surface area contributed by atoms with Crippen molar-refractivity contribution in [3.63, 3.8) is 0 Å². The summed E-state index contributed by atoms with van der Waals surface area (Å²) in [5.74, 6) is -0.500. The largest absolute Gasteiger partial charge is 0.381 e. The molecule has 2 bridgehead atoms. The molecule has 3 aromatic heterocycles. The molecule has 8 heteroatoms. The third kappa shape index (κ3) is 3.00. The van der Waals surface area contributed by atoms with Gasteiger partial charge in [-0.15, -0.1) is 0 Å². The van der Waals surface area contributed by atoms with Gasteiger partial charge >= 0.3 is 0 Å². The fourth-order valence-corrected chi connectivity index (χ4v) is 4.80. The molecule has 0 spiro atoms. The molecule has 0 unspecified atom stereocenters. The van der Waals surface area contributed by atoms with E-state index in [9.17, 15) is 9.59 Å². The number of carbonyl (C=O) groups is 2. The van der Waals surface area contributed by atoms with Crippen LogP contribution in [0, 0.1) is 0 Å². The lowest BCUT2D eigenvalue weighted by Crippen LogP contribution is -2.50. The summed E-state index contributed by atoms with van der Waals surface area (Å²) in [5, 5.41) is 4.39. The Labute approximate surface area is 167 Å². The molecule has 5 rings (SSSR count). The van der Waals surface area contributed by atoms with Gasteiger partial charge in [0.25, 0.3) is 11.8 Å². The Morgan fingerprint density at radius 1 is 1.14 bits per heavy atom. The van der Waals surface area contributed by atoms with E-state index in [0.29, 0.717) is 16.9 Å². The van der Waals surface area contributed by atoms with Crippen molar-refractivity contribution >= 4 is 28.5 Å². The second-order valence-corrected chi connectivity index (χ2v) is 7.78. The number of hydrogen-bond acceptors (Lipinski definition) is 5. The van der Waals surface area contributed by atoms with Crippen molar-refractivity contribution in [1.29, 1.82) is 0 Å². The zero-order valence-electron chi connectivity index (χ0n) is 15.8. The van der Waals surface area contributed by atoms with E-state index in [0.717, 1.165) is 36.8 Å². The van der Waals surface area contributed by atoms with Crippen LogP contribution in [0.5, 0.6) is 0 Å². The molecule has 0 radical (unpaired) electrons. The van der Waals surface area contributed by atoms with Crippen LogP contribution in [0.25, 0.3) is 11.0 Å². The highest BCUT2D eigenvalue weighted by Gasteiger charge is 2.44. The maximum absolute atomic E-state index is 13.0. The summed E-state index contributed by atoms with van der Waals surface area (Å²) in [6, 6.07) is 7.81. The number of aromatic nitrogens is 3. The number of pyridine rings is 2. The smallest absolute Gasteiger partial charge is 0.272 e. The van der Waals surface area contributed by atoms with Crippen molar-refractivity contribution in [3.8, 4) is 0 Å². The van der Waals surface area contributed by atoms with Crippen molar-refractivity contribution < 1.29 is 9.59 Å². The number of amides is 2. The van der Waals surface area contributed by atoms with Crippen LogP contribution in [0.3, 0.4) is 0 Å². The van der Waals surface area contributed by atoms with Crippen molar-refractivity contribution in [3.05, 3.63) is 54.1 Å². The van der Waals surface area contributed by atoms with Gasteiger partial charge in [0.2, 0.25) is 0 Å². The van der Waals surface area contributed by atoms with Crippen LogP contribution in [-0.4, -0.2) is 49.8 Å². The highest BCUT2D eigenvalue weighted by molar-refractivity contribution is 6.06. The van der Waals surface area contributed by atoms with Crippen LogP contribution in [0.4, 0.5) is 5.69 Å². The van der Waals surface area contributed by atoms with Crippen LogP contribution < -0.4 is 11.1 Å². The normalized spacial score (nSPS) is 23.3. The third-order valence-corrected chi connectivity index (χ3v) is 6.05. The van der Waals surface area contributed by atoms with Gasteiger partial charge in [0, 0.05) is 42.1 Å². The Morgan fingerprint density at radius 2 is 1.93 bits per heavy atom. The summed E-state index contributed by atoms with van der Waals surface area (Å²) >= 11 is 0. The van der Waals surface area contributed by atoms with Crippen molar-refractivity contribution in [1.82, 2.24) is 19.9 Å². The standard InChI is InChI=1S/C21H22N6O2/c22-19(28)16-11-25-20-15(6-8-24-20)18(16)26-12-9-13-4-5-14(10-12)27(13)21(29)17-3-1-2-7-23-17/h1-3,6-8,11-14H,4-5,9-10H2,(H2,22,28)(H2,24,25,26)/t13-,14-/m0/s1. The third-order valence-electron chi connectivity index (χ3n) is 6.05. The molecule has 2 fully saturated rings. The fourth-order valence-electron chi connectivity index (χ4n) is 4.80. The number of fused-ring (bicyclic) bond motifs is 3. The summed E-state index contributed by atoms with van der Waals surface area (Å²) in [4.78, 5) is 38.5. The first-order chi connectivity index (χ1) is 14.1. The van der Waals surface area contributed by atoms with Crippen molar-refractivity contribution in [2.75, 3.05) is 5.32 Å². The lowest BCUT2D eigenvalue weighted by molar-refractivity contribution is 0.0577. The maximum Gasteiger partial charge on any atom is 0.272 e. The molecule has 4 N–H and O–H groups in total. The van der Waals surface area contributed by atoms with E-state index in [-0.39, 0.29) is 24.0 Å². The average molecular weight is 390 g/mol. The summed E-state index contributed by atoms with van der Waals surface area (Å²) in [6.07, 6.45) is 8.58. The topological polar surface area (TPSA) is 117 Å². The SMILES string of the molecule is NC(=O)c1cnc2[nH]ccc2c1NC1C[C@@H]2CC[C@@H](C1)N2C(=O)c1ccccn1. The van der Waals surface area contributed by atoms with Gasteiger partial charge in [-0.1, -0.05) is 6.07 Å². The Balaban J connectivity index is 1.39. The van der Waals surface area contributed by atoms with Crippen LogP contribution in [0.15, 0.2) is 42.9 Å². The molecule has 2 amide bonds. The monoisotopic (exact) mass is 390 g/mol. The predicted molar refractivity (Wildman–Crippen MR) is 108 cm³/mol. The van der Waals surface area contributed by atoms with Crippen molar-refractivity contribution in [2.45, 2.75) is 43.8 Å². The number of H-pyrrole nitrogens is 1. The van der Waals surface area contributed by atoms with E-state index < -0.39 is 5.91 Å². The van der Waals surface area contributed by atoms with Gasteiger partial charge in [-0.25, -0.2) is 4.98 Å². The number of rotatable bonds is 4. The molecule has 29 heavy (non-hydrogen) atoms. The number of nitrogens with two attached hydrogens (primary N) is 1. The van der Waals surface area contributed by atoms with Crippen molar-refractivity contribution in [2.24, 2.45) is 5.73 Å². The van der Waals surface area contributed by atoms with Crippen LogP contribution >= 0.6 is 0 Å². The lowest BCUT2D eigenvalue weighted by Gasteiger charge is -2.39. The van der Waals surface area contributed by atoms with Gasteiger partial charge in [-0.05, 0) is 43.9 Å². The van der Waals surface area contributed by atoms with E-state index in [1.807, 2.05) is 23.1 Å². The van der Waals surface area contributed by atoms with Crippen LogP contribution in [0.1, 0.15) is 46.5 Å². The highest BCUT2D eigenvalue weighted by atomic mass is 16.2. The first-order valence-corrected chi connectivity index (χ1v) is 9.88. The minimum atomic E-state index is -0.506. The molecule has 2 aliphatic rings. The minimum absolute atomic E-state index is 0.00584. The number of aromatic amines is 1. The molecule has 5 heterocycles. The minimum Gasteiger partial charge on any atom is -0.381 e. The number of anilines is 1. The van der Waals surface area contributed by atoms with E-state index in [1.54, 1.807) is 18.5 Å². The molecule has 2 aliphatic heterocycles. The summed E-state index contributed by atoms with van der Waals surface area (Å²) in [6.45, 7) is 0. The van der Waals surface area contributed by atoms with E-state index >= 15 is 0 Å². The number of piperidine rings is 1. The van der Waals surface area contributed by atoms with Crippen LogP contribution in [0.2, 0.25) is 0 Å². The summed E-state index contributed by atoms with van der Waals surface area (Å²) in [5.41, 5.74) is 7.90. The zero-order valence-corrected chi connectivity index (χ0v) is 15.8. The van der Waals surface area contributed by atoms with Crippen LogP contribution in [-0.2, 0) is 0 Å². The first-order valence-electron chi connectivity index (χ1n) is 9.88. The quantitative estimate of drug-likeness (QED) is 0.632. The predicted octanol–water partition coefficient (Wildman–Crippen LogP) is 2.30. The molecule has 148 valence electrons. The van der Waals surface area contributed by atoms with E-state index in [2.05, 4.69) is 20.3 Å². The second kappa shape index (κ2) is 6.88. The molecule has 3 aromatic rings. The Hall–Kier alpha value is -3.42. The maximum atomic E-state index is 13.0. The molecule has 2 saturated heterocycles. The molecule has 8 nitrogen and oxygen atoms in total. The molecular formula is C21H22N6O2. The van der Waals surface area contributed by atoms with Gasteiger partial charge in [0.1, 0.15) is 11.3 Å². The molecule has 0 aliphatic carbocycles. The number of primary amides is 1. The van der Waals surface area contributed by atoms with Gasteiger partial charge in [-0.2, -0.15) is 0 Å². The second-order valence-electron chi connectivity index (χ2n) is 7.78. The van der Waals surface area contributed by atoms with Gasteiger partial charge in [0.15, 0.2) is 0 Å². The van der Waals surface area contributed by atoms with Gasteiger partial charge in [0.05, 0.1) is 11.3 Å². The molecule has 2 atom stereocenters. The Bertz CT molecular complexity index is 1070. The van der Waals surface area contributed by atoms with E-state index in [1.165, 1.54) is 6.20 Å². The fraction of sp³-hybridized carbons (Fsp3) is 0.333. The van der Waals surface area contributed by atoms with Gasteiger partial charge < -0.3 is 20.9 Å². The van der Waals surface area contributed by atoms with Gasteiger partial charge in [-0.3, -0.25) is 14.6 Å². The highest BCUT2D eigenvalue weighted by Crippen LogP contribution is 2.38. The molecular weight excluding hydrogens is 368 g/mol. The molecule has 0 aromatic carbocycles. The Kier molecular flexibility index (Phi) is 4.19. The average Bonchev–Trinajstić information content (AvgIpc) is 3.31. The number of hydrogen-bond donors (Lipinski definition) is 3. The number of carbonyl (C=O) groups excluding carboxylic acids is 2. The molecule has 0 saturated carbocycles. The zero-order chi connectivity index (χ0) is 20.0. The Morgan fingerprint density at radius 3 is 2.62 bits per heavy atom. The number of nitrogens with zero attached hydrogens (tertiary/aromatic N) is 3. The summed E-state index contributed by atoms with van der Waals surface area (Å²) in [7, 11) is 0. The number of nitrogens with one attached hydrogen (secondary N) is 2. The summed E-state index contributed by atoms with van der Waals surface area (Å²) < 4.78 is 0. The van der Waals surface area contributed by atoms with E-state index in [4.69, 9.17) is 5.73 Å².